The van der Waals surface area contributed by atoms with Crippen molar-refractivity contribution in [3.8, 4) is 0 Å². The van der Waals surface area contributed by atoms with E-state index in [-0.39, 0.29) is 12.5 Å². The van der Waals surface area contributed by atoms with Crippen LogP contribution in [0.1, 0.15) is 26.7 Å². The second-order valence-electron chi connectivity index (χ2n) is 5.70. The summed E-state index contributed by atoms with van der Waals surface area (Å²) in [4.78, 5) is 16.2. The van der Waals surface area contributed by atoms with Crippen LogP contribution in [0.25, 0.3) is 0 Å². The van der Waals surface area contributed by atoms with Crippen LogP contribution >= 0.6 is 0 Å². The molecule has 5 heteroatoms. The average Bonchev–Trinajstić information content (AvgIpc) is 2.39. The Morgan fingerprint density at radius 3 is 2.58 bits per heavy atom. The topological polar surface area (TPSA) is 58.8 Å². The fraction of sp³-hybridized carbons (Fsp3) is 0.929. The van der Waals surface area contributed by atoms with E-state index in [0.717, 1.165) is 32.5 Å². The number of nitrogens with zero attached hydrogens (tertiary/aromatic N) is 2. The number of piperidine rings is 1. The number of rotatable bonds is 7. The number of ether oxygens (including phenoxy) is 1. The minimum absolute atomic E-state index is 0.101. The molecule has 5 nitrogen and oxygen atoms in total. The first kappa shape index (κ1) is 16.4. The average molecular weight is 271 g/mol. The number of carbonyl (C=O) groups is 1. The van der Waals surface area contributed by atoms with Crippen molar-refractivity contribution in [3.63, 3.8) is 0 Å². The second-order valence-corrected chi connectivity index (χ2v) is 5.70. The van der Waals surface area contributed by atoms with E-state index in [2.05, 4.69) is 25.8 Å². The largest absolute Gasteiger partial charge is 0.370 e. The molecular weight excluding hydrogens is 242 g/mol. The van der Waals surface area contributed by atoms with E-state index in [1.54, 1.807) is 0 Å². The molecule has 1 aliphatic heterocycles. The summed E-state index contributed by atoms with van der Waals surface area (Å²) in [5, 5.41) is 0. The molecule has 0 unspecified atom stereocenters. The van der Waals surface area contributed by atoms with Gasteiger partial charge in [0.15, 0.2) is 0 Å². The normalized spacial score (nSPS) is 17.5. The van der Waals surface area contributed by atoms with E-state index >= 15 is 0 Å². The van der Waals surface area contributed by atoms with Crippen LogP contribution < -0.4 is 5.73 Å². The van der Waals surface area contributed by atoms with Crippen molar-refractivity contribution in [2.75, 3.05) is 46.4 Å². The van der Waals surface area contributed by atoms with Crippen LogP contribution in [0.5, 0.6) is 0 Å². The van der Waals surface area contributed by atoms with E-state index < -0.39 is 0 Å². The van der Waals surface area contributed by atoms with Crippen molar-refractivity contribution in [2.24, 2.45) is 11.7 Å². The number of likely N-dealkylation sites (tertiary alicyclic amines) is 1. The molecule has 0 aliphatic carbocycles. The highest BCUT2D eigenvalue weighted by atomic mass is 16.5. The summed E-state index contributed by atoms with van der Waals surface area (Å²) in [6.45, 7) is 8.39. The SMILES string of the molecule is CC(C)N(C)CC1CCN(C(=O)COCCN)CC1. The Hall–Kier alpha value is -0.650. The first-order chi connectivity index (χ1) is 9.04. The summed E-state index contributed by atoms with van der Waals surface area (Å²) >= 11 is 0. The third-order valence-corrected chi connectivity index (χ3v) is 3.88. The minimum Gasteiger partial charge on any atom is -0.370 e. The third-order valence-electron chi connectivity index (χ3n) is 3.88. The van der Waals surface area contributed by atoms with Gasteiger partial charge in [0.1, 0.15) is 6.61 Å². The molecule has 112 valence electrons. The Labute approximate surface area is 117 Å². The molecule has 0 saturated carbocycles. The van der Waals surface area contributed by atoms with Crippen LogP contribution in [0.3, 0.4) is 0 Å². The van der Waals surface area contributed by atoms with Crippen LogP contribution in [0.2, 0.25) is 0 Å². The lowest BCUT2D eigenvalue weighted by atomic mass is 9.96. The predicted octanol–water partition coefficient (Wildman–Crippen LogP) is 0.541. The maximum Gasteiger partial charge on any atom is 0.248 e. The Morgan fingerprint density at radius 1 is 1.42 bits per heavy atom. The zero-order chi connectivity index (χ0) is 14.3. The molecule has 0 bridgehead atoms. The smallest absolute Gasteiger partial charge is 0.248 e. The highest BCUT2D eigenvalue weighted by Gasteiger charge is 2.23. The lowest BCUT2D eigenvalue weighted by molar-refractivity contribution is -0.137. The van der Waals surface area contributed by atoms with Crippen molar-refractivity contribution in [1.82, 2.24) is 9.80 Å². The Kier molecular flexibility index (Phi) is 7.34. The molecule has 1 amide bonds. The van der Waals surface area contributed by atoms with E-state index in [1.807, 2.05) is 4.90 Å². The molecular formula is C14H29N3O2. The zero-order valence-corrected chi connectivity index (χ0v) is 12.6. The molecule has 0 spiro atoms. The fourth-order valence-electron chi connectivity index (χ4n) is 2.32. The van der Waals surface area contributed by atoms with Crippen molar-refractivity contribution in [2.45, 2.75) is 32.7 Å². The second kappa shape index (κ2) is 8.51. The molecule has 1 heterocycles. The van der Waals surface area contributed by atoms with Crippen molar-refractivity contribution < 1.29 is 9.53 Å². The lowest BCUT2D eigenvalue weighted by Gasteiger charge is -2.34. The summed E-state index contributed by atoms with van der Waals surface area (Å²) in [7, 11) is 2.17. The van der Waals surface area contributed by atoms with Gasteiger partial charge in [-0.15, -0.1) is 0 Å². The molecule has 0 atom stereocenters. The summed E-state index contributed by atoms with van der Waals surface area (Å²) in [6, 6.07) is 0.587. The summed E-state index contributed by atoms with van der Waals surface area (Å²) in [6.07, 6.45) is 2.19. The van der Waals surface area contributed by atoms with Crippen molar-refractivity contribution in [1.29, 1.82) is 0 Å². The van der Waals surface area contributed by atoms with E-state index in [4.69, 9.17) is 10.5 Å². The summed E-state index contributed by atoms with van der Waals surface area (Å²) < 4.78 is 5.20. The van der Waals surface area contributed by atoms with Gasteiger partial charge in [-0.3, -0.25) is 4.79 Å². The van der Waals surface area contributed by atoms with Gasteiger partial charge in [0, 0.05) is 32.2 Å². The molecule has 19 heavy (non-hydrogen) atoms. The van der Waals surface area contributed by atoms with Gasteiger partial charge in [0.05, 0.1) is 6.61 Å². The number of hydrogen-bond donors (Lipinski definition) is 1. The van der Waals surface area contributed by atoms with Crippen LogP contribution in [0.4, 0.5) is 0 Å². The number of carbonyl (C=O) groups excluding carboxylic acids is 1. The maximum absolute atomic E-state index is 11.9. The number of amides is 1. The maximum atomic E-state index is 11.9. The van der Waals surface area contributed by atoms with Gasteiger partial charge in [-0.1, -0.05) is 0 Å². The van der Waals surface area contributed by atoms with E-state index in [0.29, 0.717) is 25.1 Å². The molecule has 2 N–H and O–H groups in total. The van der Waals surface area contributed by atoms with Gasteiger partial charge >= 0.3 is 0 Å². The van der Waals surface area contributed by atoms with Gasteiger partial charge < -0.3 is 20.3 Å². The van der Waals surface area contributed by atoms with Crippen LogP contribution in [0, 0.1) is 5.92 Å². The van der Waals surface area contributed by atoms with Gasteiger partial charge in [-0.25, -0.2) is 0 Å². The van der Waals surface area contributed by atoms with Crippen LogP contribution in [-0.2, 0) is 9.53 Å². The monoisotopic (exact) mass is 271 g/mol. The molecule has 0 aromatic carbocycles. The molecule has 1 aliphatic rings. The third kappa shape index (κ3) is 5.89. The zero-order valence-electron chi connectivity index (χ0n) is 12.6. The fourth-order valence-corrected chi connectivity index (χ4v) is 2.32. The molecule has 1 saturated heterocycles. The number of hydrogen-bond acceptors (Lipinski definition) is 4. The highest BCUT2D eigenvalue weighted by molar-refractivity contribution is 5.77. The highest BCUT2D eigenvalue weighted by Crippen LogP contribution is 2.18. The van der Waals surface area contributed by atoms with Crippen molar-refractivity contribution >= 4 is 5.91 Å². The molecule has 1 fully saturated rings. The Bertz CT molecular complexity index is 263. The lowest BCUT2D eigenvalue weighted by Crippen LogP contribution is -2.43. The van der Waals surface area contributed by atoms with E-state index in [9.17, 15) is 4.79 Å². The first-order valence-electron chi connectivity index (χ1n) is 7.30. The number of nitrogens with two attached hydrogens (primary N) is 1. The van der Waals surface area contributed by atoms with Crippen LogP contribution in [0.15, 0.2) is 0 Å². The Balaban J connectivity index is 2.23. The molecule has 0 aromatic rings. The molecule has 0 radical (unpaired) electrons. The molecule has 1 rings (SSSR count). The molecule has 0 aromatic heterocycles. The van der Waals surface area contributed by atoms with Crippen LogP contribution in [-0.4, -0.2) is 68.2 Å². The quantitative estimate of drug-likeness (QED) is 0.687. The van der Waals surface area contributed by atoms with E-state index in [1.165, 1.54) is 0 Å². The van der Waals surface area contributed by atoms with Crippen molar-refractivity contribution in [3.05, 3.63) is 0 Å². The van der Waals surface area contributed by atoms with Gasteiger partial charge in [0.25, 0.3) is 0 Å². The Morgan fingerprint density at radius 2 is 2.05 bits per heavy atom. The standard InChI is InChI=1S/C14H29N3O2/c1-12(2)16(3)10-13-4-7-17(8-5-13)14(18)11-19-9-6-15/h12-13H,4-11,15H2,1-3H3. The first-order valence-corrected chi connectivity index (χ1v) is 7.30. The summed E-state index contributed by atoms with van der Waals surface area (Å²) in [5.41, 5.74) is 5.33. The minimum atomic E-state index is 0.101. The summed E-state index contributed by atoms with van der Waals surface area (Å²) in [5.74, 6) is 0.811. The van der Waals surface area contributed by atoms with Gasteiger partial charge in [-0.2, -0.15) is 0 Å². The van der Waals surface area contributed by atoms with Gasteiger partial charge in [0.2, 0.25) is 5.91 Å². The van der Waals surface area contributed by atoms with Gasteiger partial charge in [-0.05, 0) is 39.7 Å². The predicted molar refractivity (Wildman–Crippen MR) is 76.9 cm³/mol.